The molecular weight excluding hydrogens is 290 g/mol. The van der Waals surface area contributed by atoms with Gasteiger partial charge in [-0.15, -0.1) is 0 Å². The van der Waals surface area contributed by atoms with Crippen LogP contribution in [0.2, 0.25) is 0 Å². The molecule has 0 unspecified atom stereocenters. The number of aromatic amines is 1. The van der Waals surface area contributed by atoms with Crippen molar-refractivity contribution in [2.45, 2.75) is 38.6 Å². The lowest BCUT2D eigenvalue weighted by Gasteiger charge is -2.20. The number of benzene rings is 1. The minimum Gasteiger partial charge on any atom is -0.508 e. The van der Waals surface area contributed by atoms with E-state index in [9.17, 15) is 9.90 Å². The SMILES string of the molecule is C[C@@H](NC(=O)c1cc(-c2ccc(O)cc2)n[nH]1)C1=CCCCC1. The van der Waals surface area contributed by atoms with Crippen LogP contribution in [0.1, 0.15) is 43.1 Å². The lowest BCUT2D eigenvalue weighted by Crippen LogP contribution is -2.34. The predicted molar refractivity (Wildman–Crippen MR) is 89.2 cm³/mol. The molecule has 0 saturated heterocycles. The molecule has 5 heteroatoms. The third kappa shape index (κ3) is 3.62. The van der Waals surface area contributed by atoms with Crippen LogP contribution in [0.25, 0.3) is 11.3 Å². The number of phenolic OH excluding ortho intramolecular Hbond substituents is 1. The van der Waals surface area contributed by atoms with Crippen LogP contribution in [0.3, 0.4) is 0 Å². The summed E-state index contributed by atoms with van der Waals surface area (Å²) in [6, 6.07) is 8.50. The predicted octanol–water partition coefficient (Wildman–Crippen LogP) is 3.40. The van der Waals surface area contributed by atoms with Gasteiger partial charge < -0.3 is 10.4 Å². The Labute approximate surface area is 135 Å². The zero-order chi connectivity index (χ0) is 16.2. The number of rotatable bonds is 4. The van der Waals surface area contributed by atoms with Crippen LogP contribution in [0.4, 0.5) is 0 Å². The van der Waals surface area contributed by atoms with Crippen LogP contribution < -0.4 is 5.32 Å². The molecular formula is C18H21N3O2. The van der Waals surface area contributed by atoms with Gasteiger partial charge in [0, 0.05) is 11.6 Å². The normalized spacial score (nSPS) is 15.8. The van der Waals surface area contributed by atoms with E-state index in [1.165, 1.54) is 18.4 Å². The number of nitrogens with zero attached hydrogens (tertiary/aromatic N) is 1. The summed E-state index contributed by atoms with van der Waals surface area (Å²) in [5.41, 5.74) is 3.28. The van der Waals surface area contributed by atoms with Gasteiger partial charge in [0.2, 0.25) is 0 Å². The number of H-pyrrole nitrogens is 1. The molecule has 0 aliphatic heterocycles. The Bertz CT molecular complexity index is 716. The molecule has 1 amide bonds. The van der Waals surface area contributed by atoms with Crippen LogP contribution in [0.5, 0.6) is 5.75 Å². The summed E-state index contributed by atoms with van der Waals surface area (Å²) in [6.45, 7) is 2.02. The first kappa shape index (κ1) is 15.3. The first-order chi connectivity index (χ1) is 11.1. The van der Waals surface area contributed by atoms with Crippen molar-refractivity contribution in [1.82, 2.24) is 15.5 Å². The van der Waals surface area contributed by atoms with E-state index < -0.39 is 0 Å². The number of hydrogen-bond acceptors (Lipinski definition) is 3. The average molecular weight is 311 g/mol. The lowest BCUT2D eigenvalue weighted by atomic mass is 9.95. The van der Waals surface area contributed by atoms with Crippen molar-refractivity contribution in [3.63, 3.8) is 0 Å². The fourth-order valence-electron chi connectivity index (χ4n) is 2.84. The summed E-state index contributed by atoms with van der Waals surface area (Å²) >= 11 is 0. The number of carbonyl (C=O) groups excluding carboxylic acids is 1. The highest BCUT2D eigenvalue weighted by Gasteiger charge is 2.17. The van der Waals surface area contributed by atoms with Gasteiger partial charge >= 0.3 is 0 Å². The Kier molecular flexibility index (Phi) is 4.46. The van der Waals surface area contributed by atoms with E-state index in [0.29, 0.717) is 11.4 Å². The Morgan fingerprint density at radius 3 is 2.78 bits per heavy atom. The summed E-state index contributed by atoms with van der Waals surface area (Å²) in [5.74, 6) is 0.0540. The second-order valence-corrected chi connectivity index (χ2v) is 5.93. The number of amides is 1. The van der Waals surface area contributed by atoms with Gasteiger partial charge in [-0.1, -0.05) is 11.6 Å². The number of hydrogen-bond donors (Lipinski definition) is 3. The van der Waals surface area contributed by atoms with Crippen LogP contribution in [0.15, 0.2) is 42.0 Å². The minimum atomic E-state index is -0.151. The zero-order valence-corrected chi connectivity index (χ0v) is 13.2. The number of allylic oxidation sites excluding steroid dienone is 1. The number of aromatic nitrogens is 2. The van der Waals surface area contributed by atoms with Crippen LogP contribution in [-0.2, 0) is 0 Å². The highest BCUT2D eigenvalue weighted by atomic mass is 16.3. The van der Waals surface area contributed by atoms with Gasteiger partial charge in [-0.05, 0) is 62.9 Å². The van der Waals surface area contributed by atoms with Gasteiger partial charge in [0.25, 0.3) is 5.91 Å². The van der Waals surface area contributed by atoms with Gasteiger partial charge in [-0.2, -0.15) is 5.10 Å². The molecule has 1 atom stereocenters. The summed E-state index contributed by atoms with van der Waals surface area (Å²) in [5, 5.41) is 19.3. The standard InChI is InChI=1S/C18H21N3O2/c1-12(13-5-3-2-4-6-13)19-18(23)17-11-16(20-21-17)14-7-9-15(22)10-8-14/h5,7-12,22H,2-4,6H2,1H3,(H,19,23)(H,20,21)/t12-/m1/s1. The van der Waals surface area contributed by atoms with E-state index in [1.807, 2.05) is 6.92 Å². The van der Waals surface area contributed by atoms with Gasteiger partial charge in [-0.3, -0.25) is 9.89 Å². The van der Waals surface area contributed by atoms with E-state index in [1.54, 1.807) is 30.3 Å². The van der Waals surface area contributed by atoms with Gasteiger partial charge in [-0.25, -0.2) is 0 Å². The molecule has 1 heterocycles. The Hall–Kier alpha value is -2.56. The zero-order valence-electron chi connectivity index (χ0n) is 13.2. The quantitative estimate of drug-likeness (QED) is 0.757. The second kappa shape index (κ2) is 6.69. The number of aromatic hydroxyl groups is 1. The Morgan fingerprint density at radius 1 is 1.30 bits per heavy atom. The molecule has 120 valence electrons. The smallest absolute Gasteiger partial charge is 0.269 e. The van der Waals surface area contributed by atoms with Crippen LogP contribution in [0, 0.1) is 0 Å². The number of nitrogens with one attached hydrogen (secondary N) is 2. The van der Waals surface area contributed by atoms with Crippen molar-refractivity contribution in [3.8, 4) is 17.0 Å². The molecule has 1 aromatic carbocycles. The van der Waals surface area contributed by atoms with Gasteiger partial charge in [0.15, 0.2) is 0 Å². The minimum absolute atomic E-state index is 0.0447. The molecule has 3 rings (SSSR count). The molecule has 1 aliphatic rings. The highest BCUT2D eigenvalue weighted by molar-refractivity contribution is 5.93. The maximum atomic E-state index is 12.3. The first-order valence-electron chi connectivity index (χ1n) is 7.98. The lowest BCUT2D eigenvalue weighted by molar-refractivity contribution is 0.0939. The molecule has 0 fully saturated rings. The van der Waals surface area contributed by atoms with Crippen molar-refractivity contribution in [2.24, 2.45) is 0 Å². The fourth-order valence-corrected chi connectivity index (χ4v) is 2.84. The highest BCUT2D eigenvalue weighted by Crippen LogP contribution is 2.22. The molecule has 0 bridgehead atoms. The van der Waals surface area contributed by atoms with E-state index >= 15 is 0 Å². The van der Waals surface area contributed by atoms with E-state index in [-0.39, 0.29) is 17.7 Å². The van der Waals surface area contributed by atoms with E-state index in [0.717, 1.165) is 18.4 Å². The van der Waals surface area contributed by atoms with Crippen molar-refractivity contribution in [3.05, 3.63) is 47.7 Å². The molecule has 3 N–H and O–H groups in total. The van der Waals surface area contributed by atoms with E-state index in [4.69, 9.17) is 0 Å². The second-order valence-electron chi connectivity index (χ2n) is 5.93. The third-order valence-electron chi connectivity index (χ3n) is 4.22. The summed E-state index contributed by atoms with van der Waals surface area (Å²) in [4.78, 5) is 12.3. The largest absolute Gasteiger partial charge is 0.508 e. The molecule has 5 nitrogen and oxygen atoms in total. The molecule has 1 aliphatic carbocycles. The first-order valence-corrected chi connectivity index (χ1v) is 7.98. The number of carbonyl (C=O) groups is 1. The topological polar surface area (TPSA) is 78.0 Å². The van der Waals surface area contributed by atoms with E-state index in [2.05, 4.69) is 21.6 Å². The van der Waals surface area contributed by atoms with Crippen LogP contribution >= 0.6 is 0 Å². The van der Waals surface area contributed by atoms with Gasteiger partial charge in [0.05, 0.1) is 5.69 Å². The average Bonchev–Trinajstić information content (AvgIpc) is 3.06. The monoisotopic (exact) mass is 311 g/mol. The molecule has 2 aromatic rings. The summed E-state index contributed by atoms with van der Waals surface area (Å²) in [7, 11) is 0. The van der Waals surface area contributed by atoms with Crippen molar-refractivity contribution >= 4 is 5.91 Å². The molecule has 0 radical (unpaired) electrons. The third-order valence-corrected chi connectivity index (χ3v) is 4.22. The molecule has 0 saturated carbocycles. The van der Waals surface area contributed by atoms with Gasteiger partial charge in [0.1, 0.15) is 11.4 Å². The fraction of sp³-hybridized carbons (Fsp3) is 0.333. The summed E-state index contributed by atoms with van der Waals surface area (Å²) in [6.07, 6.45) is 6.83. The number of phenols is 1. The van der Waals surface area contributed by atoms with Crippen LogP contribution in [-0.4, -0.2) is 27.3 Å². The molecule has 1 aromatic heterocycles. The van der Waals surface area contributed by atoms with Crippen molar-refractivity contribution < 1.29 is 9.90 Å². The van der Waals surface area contributed by atoms with Crippen molar-refractivity contribution in [1.29, 1.82) is 0 Å². The molecule has 0 spiro atoms. The summed E-state index contributed by atoms with van der Waals surface area (Å²) < 4.78 is 0. The maximum absolute atomic E-state index is 12.3. The maximum Gasteiger partial charge on any atom is 0.269 e. The van der Waals surface area contributed by atoms with Crippen molar-refractivity contribution in [2.75, 3.05) is 0 Å². The Morgan fingerprint density at radius 2 is 2.09 bits per heavy atom. The Balaban J connectivity index is 1.68. The molecule has 23 heavy (non-hydrogen) atoms.